The first-order chi connectivity index (χ1) is 13.3. The normalized spacial score (nSPS) is 27.1. The summed E-state index contributed by atoms with van der Waals surface area (Å²) in [6.45, 7) is 12.4. The molecule has 0 bridgehead atoms. The van der Waals surface area contributed by atoms with Gasteiger partial charge in [-0.05, 0) is 44.9 Å². The maximum absolute atomic E-state index is 10.6. The van der Waals surface area contributed by atoms with Crippen LogP contribution in [0.4, 0.5) is 0 Å². The van der Waals surface area contributed by atoms with Gasteiger partial charge in [0.1, 0.15) is 5.75 Å². The number of benzene rings is 1. The van der Waals surface area contributed by atoms with Gasteiger partial charge < -0.3 is 25.2 Å². The van der Waals surface area contributed by atoms with E-state index in [1.807, 2.05) is 45.0 Å². The van der Waals surface area contributed by atoms with E-state index in [1.54, 1.807) is 0 Å². The number of hydrogen-bond acceptors (Lipinski definition) is 4. The standard InChI is InChI=1S/C22H35N3O3/c1-6-23-21(25-19-17-10-11-27-20(17)22(19,4)5)24-13-18(26)15-8-7-9-16(12-15)28-14(2)3/h7-9,12,14,17-20,26H,6,10-11,13H2,1-5H3,(H2,23,24,25). The highest BCUT2D eigenvalue weighted by Crippen LogP contribution is 2.52. The molecule has 1 aliphatic carbocycles. The van der Waals surface area contributed by atoms with Crippen molar-refractivity contribution in [3.8, 4) is 5.75 Å². The average molecular weight is 390 g/mol. The van der Waals surface area contributed by atoms with Crippen LogP contribution in [0.1, 0.15) is 52.7 Å². The molecular formula is C22H35N3O3. The van der Waals surface area contributed by atoms with Crippen molar-refractivity contribution in [3.63, 3.8) is 0 Å². The highest BCUT2D eigenvalue weighted by atomic mass is 16.5. The van der Waals surface area contributed by atoms with E-state index in [0.29, 0.717) is 18.1 Å². The van der Waals surface area contributed by atoms with Crippen LogP contribution in [-0.2, 0) is 4.74 Å². The number of guanidine groups is 1. The van der Waals surface area contributed by atoms with Crippen molar-refractivity contribution in [2.24, 2.45) is 16.3 Å². The van der Waals surface area contributed by atoms with Gasteiger partial charge in [0.05, 0.1) is 24.9 Å². The van der Waals surface area contributed by atoms with Gasteiger partial charge in [-0.1, -0.05) is 26.0 Å². The van der Waals surface area contributed by atoms with Crippen molar-refractivity contribution in [1.29, 1.82) is 0 Å². The van der Waals surface area contributed by atoms with Crippen LogP contribution in [0.2, 0.25) is 0 Å². The zero-order valence-electron chi connectivity index (χ0n) is 17.7. The molecule has 6 heteroatoms. The van der Waals surface area contributed by atoms with E-state index in [-0.39, 0.29) is 18.1 Å². The lowest BCUT2D eigenvalue weighted by Gasteiger charge is -2.54. The molecule has 0 aromatic heterocycles. The quantitative estimate of drug-likeness (QED) is 0.494. The van der Waals surface area contributed by atoms with Gasteiger partial charge >= 0.3 is 0 Å². The van der Waals surface area contributed by atoms with E-state index in [2.05, 4.69) is 29.5 Å². The molecule has 0 spiro atoms. The minimum Gasteiger partial charge on any atom is -0.491 e. The Kier molecular flexibility index (Phi) is 6.50. The fourth-order valence-electron chi connectivity index (χ4n) is 4.44. The number of ether oxygens (including phenoxy) is 2. The molecule has 1 saturated carbocycles. The number of aliphatic imine (C=N–C) groups is 1. The SMILES string of the molecule is CCNC(=NCC(O)c1cccc(OC(C)C)c1)NC1C2CCOC2C1(C)C. The van der Waals surface area contributed by atoms with Crippen LogP contribution in [0, 0.1) is 11.3 Å². The summed E-state index contributed by atoms with van der Waals surface area (Å²) in [5, 5.41) is 17.5. The minimum atomic E-state index is -0.678. The third kappa shape index (κ3) is 4.44. The monoisotopic (exact) mass is 389 g/mol. The van der Waals surface area contributed by atoms with Gasteiger partial charge in [0.25, 0.3) is 0 Å². The Labute approximate surface area is 168 Å². The van der Waals surface area contributed by atoms with Gasteiger partial charge in [0.15, 0.2) is 5.96 Å². The number of aliphatic hydroxyl groups is 1. The fourth-order valence-corrected chi connectivity index (χ4v) is 4.44. The van der Waals surface area contributed by atoms with Crippen molar-refractivity contribution < 1.29 is 14.6 Å². The summed E-state index contributed by atoms with van der Waals surface area (Å²) in [4.78, 5) is 4.64. The molecule has 2 aliphatic rings. The van der Waals surface area contributed by atoms with Crippen molar-refractivity contribution in [3.05, 3.63) is 29.8 Å². The van der Waals surface area contributed by atoms with Crippen molar-refractivity contribution in [2.75, 3.05) is 19.7 Å². The average Bonchev–Trinajstić information content (AvgIpc) is 3.10. The van der Waals surface area contributed by atoms with Gasteiger partial charge in [-0.25, -0.2) is 0 Å². The first kappa shape index (κ1) is 20.9. The predicted molar refractivity (Wildman–Crippen MR) is 112 cm³/mol. The summed E-state index contributed by atoms with van der Waals surface area (Å²) in [6.07, 6.45) is 0.852. The van der Waals surface area contributed by atoms with Gasteiger partial charge in [-0.15, -0.1) is 0 Å². The topological polar surface area (TPSA) is 75.1 Å². The third-order valence-corrected chi connectivity index (χ3v) is 5.77. The molecule has 1 aromatic carbocycles. The van der Waals surface area contributed by atoms with E-state index in [0.717, 1.165) is 36.8 Å². The van der Waals surface area contributed by atoms with Gasteiger partial charge in [-0.2, -0.15) is 0 Å². The molecule has 0 amide bonds. The molecule has 4 unspecified atom stereocenters. The lowest BCUT2D eigenvalue weighted by atomic mass is 9.57. The van der Waals surface area contributed by atoms with Crippen LogP contribution >= 0.6 is 0 Å². The van der Waals surface area contributed by atoms with E-state index in [1.165, 1.54) is 0 Å². The van der Waals surface area contributed by atoms with Crippen molar-refractivity contribution in [2.45, 2.75) is 65.4 Å². The lowest BCUT2D eigenvalue weighted by Crippen LogP contribution is -2.68. The van der Waals surface area contributed by atoms with Gasteiger partial charge in [0, 0.05) is 30.5 Å². The van der Waals surface area contributed by atoms with Gasteiger partial charge in [0.2, 0.25) is 0 Å². The number of aliphatic hydroxyl groups excluding tert-OH is 1. The zero-order chi connectivity index (χ0) is 20.3. The van der Waals surface area contributed by atoms with Crippen LogP contribution in [0.5, 0.6) is 5.75 Å². The highest BCUT2D eigenvalue weighted by Gasteiger charge is 2.59. The number of rotatable bonds is 7. The number of hydrogen-bond donors (Lipinski definition) is 3. The van der Waals surface area contributed by atoms with Crippen LogP contribution in [-0.4, -0.2) is 49.0 Å². The van der Waals surface area contributed by atoms with Crippen LogP contribution in [0.25, 0.3) is 0 Å². The molecule has 0 radical (unpaired) electrons. The number of nitrogens with zero attached hydrogens (tertiary/aromatic N) is 1. The van der Waals surface area contributed by atoms with Crippen LogP contribution in [0.15, 0.2) is 29.3 Å². The van der Waals surface area contributed by atoms with Gasteiger partial charge in [-0.3, -0.25) is 4.99 Å². The van der Waals surface area contributed by atoms with E-state index < -0.39 is 6.10 Å². The fraction of sp³-hybridized carbons (Fsp3) is 0.682. The Hall–Kier alpha value is -1.79. The maximum atomic E-state index is 10.6. The Balaban J connectivity index is 1.64. The molecule has 3 N–H and O–H groups in total. The summed E-state index contributed by atoms with van der Waals surface area (Å²) in [5.74, 6) is 2.05. The summed E-state index contributed by atoms with van der Waals surface area (Å²) >= 11 is 0. The predicted octanol–water partition coefficient (Wildman–Crippen LogP) is 2.88. The Morgan fingerprint density at radius 1 is 1.39 bits per heavy atom. The Morgan fingerprint density at radius 2 is 2.18 bits per heavy atom. The first-order valence-electron chi connectivity index (χ1n) is 10.4. The third-order valence-electron chi connectivity index (χ3n) is 5.77. The van der Waals surface area contributed by atoms with E-state index in [9.17, 15) is 5.11 Å². The molecule has 1 aromatic rings. The van der Waals surface area contributed by atoms with Crippen LogP contribution < -0.4 is 15.4 Å². The smallest absolute Gasteiger partial charge is 0.191 e. The number of nitrogens with one attached hydrogen (secondary N) is 2. The lowest BCUT2D eigenvalue weighted by molar-refractivity contribution is -0.106. The molecule has 156 valence electrons. The molecular weight excluding hydrogens is 354 g/mol. The molecule has 1 heterocycles. The highest BCUT2D eigenvalue weighted by molar-refractivity contribution is 5.80. The van der Waals surface area contributed by atoms with Crippen molar-refractivity contribution >= 4 is 5.96 Å². The second-order valence-electron chi connectivity index (χ2n) is 8.66. The zero-order valence-corrected chi connectivity index (χ0v) is 17.7. The molecule has 2 fully saturated rings. The Morgan fingerprint density at radius 3 is 2.89 bits per heavy atom. The summed E-state index contributed by atoms with van der Waals surface area (Å²) in [6, 6.07) is 7.93. The molecule has 1 aliphatic heterocycles. The Bertz CT molecular complexity index is 689. The second kappa shape index (κ2) is 8.70. The summed E-state index contributed by atoms with van der Waals surface area (Å²) in [5.41, 5.74) is 0.893. The van der Waals surface area contributed by atoms with E-state index >= 15 is 0 Å². The summed E-state index contributed by atoms with van der Waals surface area (Å²) < 4.78 is 11.6. The maximum Gasteiger partial charge on any atom is 0.191 e. The number of fused-ring (bicyclic) bond motifs is 1. The summed E-state index contributed by atoms with van der Waals surface area (Å²) in [7, 11) is 0. The first-order valence-corrected chi connectivity index (χ1v) is 10.4. The molecule has 6 nitrogen and oxygen atoms in total. The largest absolute Gasteiger partial charge is 0.491 e. The van der Waals surface area contributed by atoms with E-state index in [4.69, 9.17) is 9.47 Å². The second-order valence-corrected chi connectivity index (χ2v) is 8.66. The van der Waals surface area contributed by atoms with Crippen molar-refractivity contribution in [1.82, 2.24) is 10.6 Å². The molecule has 1 saturated heterocycles. The van der Waals surface area contributed by atoms with Crippen LogP contribution in [0.3, 0.4) is 0 Å². The molecule has 28 heavy (non-hydrogen) atoms. The molecule has 4 atom stereocenters. The molecule has 3 rings (SSSR count). The minimum absolute atomic E-state index is 0.0818.